The fraction of sp³-hybridized carbons (Fsp3) is 0.873. The normalized spacial score (nSPS) is 14.3. The standard InChI is InChI=1S/C55H107N2O6P/c1-6-8-10-12-14-16-18-20-21-22-23-24-25-26-27-28-29-30-31-32-33-34-35-37-39-41-43-45-47-49-55(59)56-53(52-63-64(60,61)62-51-50-57(3,4)5)54(58)48-46-44-42-40-38-36-19-17-15-13-11-9-7-2/h22-23,38,40,46,48,53-54,58H,6-21,24-37,39,41-45,47,49-52H2,1-5H3,(H-,56,59,60,61)/b23-22-,40-38+,48-46+. The van der Waals surface area contributed by atoms with Gasteiger partial charge >= 0.3 is 0 Å². The number of likely N-dealkylation sites (N-methyl/N-ethyl adjacent to an activating group) is 1. The highest BCUT2D eigenvalue weighted by Crippen LogP contribution is 2.38. The van der Waals surface area contributed by atoms with Gasteiger partial charge in [-0.2, -0.15) is 0 Å². The molecule has 0 aliphatic heterocycles. The van der Waals surface area contributed by atoms with Crippen LogP contribution in [0, 0.1) is 0 Å². The van der Waals surface area contributed by atoms with E-state index >= 15 is 0 Å². The molecule has 0 aliphatic carbocycles. The van der Waals surface area contributed by atoms with E-state index in [4.69, 9.17) is 9.05 Å². The lowest BCUT2D eigenvalue weighted by molar-refractivity contribution is -0.870. The third-order valence-corrected chi connectivity index (χ3v) is 13.3. The highest BCUT2D eigenvalue weighted by Gasteiger charge is 2.23. The van der Waals surface area contributed by atoms with Crippen molar-refractivity contribution in [1.29, 1.82) is 0 Å². The number of rotatable bonds is 50. The zero-order valence-corrected chi connectivity index (χ0v) is 43.9. The summed E-state index contributed by atoms with van der Waals surface area (Å²) in [4.78, 5) is 25.4. The second-order valence-electron chi connectivity index (χ2n) is 19.9. The van der Waals surface area contributed by atoms with E-state index in [1.165, 1.54) is 199 Å². The third-order valence-electron chi connectivity index (χ3n) is 12.3. The Hall–Kier alpha value is -1.28. The van der Waals surface area contributed by atoms with Crippen molar-refractivity contribution in [2.24, 2.45) is 0 Å². The monoisotopic (exact) mass is 923 g/mol. The third kappa shape index (κ3) is 48.6. The summed E-state index contributed by atoms with van der Waals surface area (Å²) in [7, 11) is 1.25. The average Bonchev–Trinajstić information content (AvgIpc) is 3.25. The van der Waals surface area contributed by atoms with Crippen molar-refractivity contribution in [2.45, 2.75) is 270 Å². The smallest absolute Gasteiger partial charge is 0.268 e. The molecule has 3 unspecified atom stereocenters. The van der Waals surface area contributed by atoms with Gasteiger partial charge in [0.1, 0.15) is 13.2 Å². The SMILES string of the molecule is CCCCCCCCC/C=C/CC/C=C/C(O)C(COP(=O)([O-])OCC[N+](C)(C)C)NC(=O)CCCCCCCCCCCCCCCCCCC/C=C\CCCCCCCCCC. The second-order valence-corrected chi connectivity index (χ2v) is 21.3. The quantitative estimate of drug-likeness (QED) is 0.0272. The van der Waals surface area contributed by atoms with Crippen LogP contribution in [0.3, 0.4) is 0 Å². The van der Waals surface area contributed by atoms with Crippen LogP contribution < -0.4 is 10.2 Å². The van der Waals surface area contributed by atoms with E-state index in [0.29, 0.717) is 17.4 Å². The van der Waals surface area contributed by atoms with Crippen LogP contribution in [0.25, 0.3) is 0 Å². The first-order chi connectivity index (χ1) is 31.0. The Morgan fingerprint density at radius 1 is 0.531 bits per heavy atom. The molecule has 0 saturated heterocycles. The number of phosphoric ester groups is 1. The maximum atomic E-state index is 12.9. The van der Waals surface area contributed by atoms with Crippen LogP contribution in [-0.2, 0) is 18.4 Å². The molecule has 1 amide bonds. The molecule has 0 bridgehead atoms. The fourth-order valence-corrected chi connectivity index (χ4v) is 8.71. The number of hydrogen-bond donors (Lipinski definition) is 2. The van der Waals surface area contributed by atoms with Gasteiger partial charge in [0.15, 0.2) is 0 Å². The van der Waals surface area contributed by atoms with Gasteiger partial charge in [-0.1, -0.05) is 230 Å². The van der Waals surface area contributed by atoms with Crippen LogP contribution >= 0.6 is 7.82 Å². The van der Waals surface area contributed by atoms with Crippen LogP contribution in [0.2, 0.25) is 0 Å². The van der Waals surface area contributed by atoms with Gasteiger partial charge in [0.25, 0.3) is 7.82 Å². The second kappa shape index (κ2) is 46.8. The molecule has 0 aromatic carbocycles. The topological polar surface area (TPSA) is 108 Å². The number of phosphoric acid groups is 1. The number of carbonyl (C=O) groups is 1. The molecular formula is C55H107N2O6P. The Morgan fingerprint density at radius 2 is 0.875 bits per heavy atom. The minimum absolute atomic E-state index is 0.00529. The lowest BCUT2D eigenvalue weighted by Crippen LogP contribution is -2.45. The molecule has 64 heavy (non-hydrogen) atoms. The maximum absolute atomic E-state index is 12.9. The molecule has 8 nitrogen and oxygen atoms in total. The van der Waals surface area contributed by atoms with Crippen LogP contribution in [0.15, 0.2) is 36.5 Å². The van der Waals surface area contributed by atoms with Gasteiger partial charge in [-0.15, -0.1) is 0 Å². The number of unbranched alkanes of at least 4 members (excludes halogenated alkanes) is 33. The van der Waals surface area contributed by atoms with E-state index in [1.54, 1.807) is 6.08 Å². The van der Waals surface area contributed by atoms with Crippen molar-refractivity contribution < 1.29 is 32.9 Å². The minimum atomic E-state index is -4.60. The summed E-state index contributed by atoms with van der Waals surface area (Å²) in [6.45, 7) is 4.63. The maximum Gasteiger partial charge on any atom is 0.268 e. The Bertz CT molecular complexity index is 1140. The van der Waals surface area contributed by atoms with Crippen molar-refractivity contribution in [3.8, 4) is 0 Å². The molecule has 378 valence electrons. The highest BCUT2D eigenvalue weighted by atomic mass is 31.2. The van der Waals surface area contributed by atoms with Crippen molar-refractivity contribution in [1.82, 2.24) is 5.32 Å². The number of nitrogens with zero attached hydrogens (tertiary/aromatic N) is 1. The fourth-order valence-electron chi connectivity index (χ4n) is 7.99. The highest BCUT2D eigenvalue weighted by molar-refractivity contribution is 7.45. The number of amides is 1. The average molecular weight is 923 g/mol. The summed E-state index contributed by atoms with van der Waals surface area (Å²) < 4.78 is 23.2. The molecule has 9 heteroatoms. The number of carbonyl (C=O) groups excluding carboxylic acids is 1. The van der Waals surface area contributed by atoms with Gasteiger partial charge < -0.3 is 28.8 Å². The van der Waals surface area contributed by atoms with E-state index in [2.05, 4.69) is 43.5 Å². The summed E-state index contributed by atoms with van der Waals surface area (Å²) >= 11 is 0. The van der Waals surface area contributed by atoms with E-state index in [1.807, 2.05) is 27.2 Å². The summed E-state index contributed by atoms with van der Waals surface area (Å²) in [5.41, 5.74) is 0. The molecule has 0 heterocycles. The molecule has 0 fully saturated rings. The lowest BCUT2D eigenvalue weighted by atomic mass is 10.0. The Balaban J connectivity index is 4.10. The first-order valence-corrected chi connectivity index (χ1v) is 28.8. The Labute approximate surface area is 397 Å². The zero-order valence-electron chi connectivity index (χ0n) is 43.0. The van der Waals surface area contributed by atoms with Crippen LogP contribution in [0.4, 0.5) is 0 Å². The summed E-state index contributed by atoms with van der Waals surface area (Å²) in [6.07, 6.45) is 59.4. The number of hydrogen-bond acceptors (Lipinski definition) is 6. The molecule has 0 radical (unpaired) electrons. The van der Waals surface area contributed by atoms with Crippen LogP contribution in [0.1, 0.15) is 258 Å². The Kier molecular flexibility index (Phi) is 45.9. The molecule has 2 N–H and O–H groups in total. The van der Waals surface area contributed by atoms with E-state index in [-0.39, 0.29) is 12.5 Å². The van der Waals surface area contributed by atoms with E-state index in [9.17, 15) is 19.4 Å². The number of allylic oxidation sites excluding steroid dienone is 5. The minimum Gasteiger partial charge on any atom is -0.756 e. The summed E-state index contributed by atoms with van der Waals surface area (Å²) in [5, 5.41) is 13.8. The van der Waals surface area contributed by atoms with Gasteiger partial charge in [-0.3, -0.25) is 9.36 Å². The first kappa shape index (κ1) is 62.7. The Morgan fingerprint density at radius 3 is 1.27 bits per heavy atom. The first-order valence-electron chi connectivity index (χ1n) is 27.4. The van der Waals surface area contributed by atoms with Gasteiger partial charge in [0.2, 0.25) is 5.91 Å². The lowest BCUT2D eigenvalue weighted by Gasteiger charge is -2.29. The van der Waals surface area contributed by atoms with Crippen LogP contribution in [-0.4, -0.2) is 68.5 Å². The van der Waals surface area contributed by atoms with Crippen molar-refractivity contribution in [3.05, 3.63) is 36.5 Å². The van der Waals surface area contributed by atoms with Gasteiger partial charge in [0, 0.05) is 6.42 Å². The number of quaternary nitrogens is 1. The van der Waals surface area contributed by atoms with Crippen molar-refractivity contribution in [3.63, 3.8) is 0 Å². The zero-order chi connectivity index (χ0) is 47.1. The van der Waals surface area contributed by atoms with Crippen molar-refractivity contribution >= 4 is 13.7 Å². The predicted molar refractivity (Wildman–Crippen MR) is 275 cm³/mol. The molecule has 0 aromatic rings. The number of aliphatic hydroxyl groups excluding tert-OH is 1. The molecule has 0 aliphatic rings. The van der Waals surface area contributed by atoms with Gasteiger partial charge in [-0.25, -0.2) is 0 Å². The predicted octanol–water partition coefficient (Wildman–Crippen LogP) is 15.6. The summed E-state index contributed by atoms with van der Waals surface area (Å²) in [6, 6.07) is -0.900. The van der Waals surface area contributed by atoms with E-state index < -0.39 is 26.6 Å². The molecule has 0 rings (SSSR count). The molecule has 3 atom stereocenters. The number of nitrogens with one attached hydrogen (secondary N) is 1. The molecular weight excluding hydrogens is 816 g/mol. The molecule has 0 saturated carbocycles. The largest absolute Gasteiger partial charge is 0.756 e. The van der Waals surface area contributed by atoms with Gasteiger partial charge in [0.05, 0.1) is 39.9 Å². The van der Waals surface area contributed by atoms with Crippen molar-refractivity contribution in [2.75, 3.05) is 40.9 Å². The van der Waals surface area contributed by atoms with Crippen LogP contribution in [0.5, 0.6) is 0 Å². The van der Waals surface area contributed by atoms with Gasteiger partial charge in [-0.05, 0) is 57.8 Å². The molecule has 0 aromatic heterocycles. The molecule has 0 spiro atoms. The van der Waals surface area contributed by atoms with E-state index in [0.717, 1.165) is 38.5 Å². The number of aliphatic hydroxyl groups is 1. The summed E-state index contributed by atoms with van der Waals surface area (Å²) in [5.74, 6) is -0.205.